The molecule has 1 aromatic carbocycles. The van der Waals surface area contributed by atoms with Crippen molar-refractivity contribution in [3.63, 3.8) is 0 Å². The van der Waals surface area contributed by atoms with Gasteiger partial charge < -0.3 is 43.4 Å². The molecule has 0 aliphatic rings. The van der Waals surface area contributed by atoms with Crippen molar-refractivity contribution < 1.29 is 34.2 Å². The summed E-state index contributed by atoms with van der Waals surface area (Å²) in [6, 6.07) is 1.57. The van der Waals surface area contributed by atoms with Crippen molar-refractivity contribution in [1.29, 1.82) is 0 Å². The highest BCUT2D eigenvalue weighted by Crippen LogP contribution is 2.12. The lowest BCUT2D eigenvalue weighted by Crippen LogP contribution is -2.58. The number of unbranched alkanes of at least 4 members (excludes halogenated alkanes) is 1. The van der Waals surface area contributed by atoms with Gasteiger partial charge in [0.05, 0.1) is 6.04 Å². The van der Waals surface area contributed by atoms with Gasteiger partial charge in [-0.25, -0.2) is 4.79 Å². The van der Waals surface area contributed by atoms with Gasteiger partial charge in [0.15, 0.2) is 0 Å². The monoisotopic (exact) mass is 536 g/mol. The molecule has 0 saturated carbocycles. The molecule has 0 aromatic heterocycles. The van der Waals surface area contributed by atoms with Crippen LogP contribution in [0.15, 0.2) is 24.3 Å². The number of hydrogen-bond donors (Lipinski definition) is 8. The number of rotatable bonds is 17. The average Bonchev–Trinajstić information content (AvgIpc) is 2.84. The number of carbonyl (C=O) groups is 5. The second kappa shape index (κ2) is 16.2. The van der Waals surface area contributed by atoms with Crippen LogP contribution in [0.4, 0.5) is 0 Å². The lowest BCUT2D eigenvalue weighted by Gasteiger charge is -2.27. The van der Waals surface area contributed by atoms with Crippen LogP contribution in [0.25, 0.3) is 0 Å². The second-order valence-electron chi connectivity index (χ2n) is 9.46. The van der Waals surface area contributed by atoms with Crippen molar-refractivity contribution in [2.24, 2.45) is 23.1 Å². The van der Waals surface area contributed by atoms with E-state index < -0.39 is 59.7 Å². The Morgan fingerprint density at radius 1 is 0.868 bits per heavy atom. The minimum absolute atomic E-state index is 0.0592. The maximum absolute atomic E-state index is 13.1. The van der Waals surface area contributed by atoms with Crippen molar-refractivity contribution in [3.05, 3.63) is 29.8 Å². The van der Waals surface area contributed by atoms with E-state index in [1.807, 2.05) is 0 Å². The van der Waals surface area contributed by atoms with Crippen LogP contribution in [0.5, 0.6) is 5.75 Å². The lowest BCUT2D eigenvalue weighted by molar-refractivity contribution is -0.142. The quantitative estimate of drug-likeness (QED) is 0.112. The summed E-state index contributed by atoms with van der Waals surface area (Å²) in [4.78, 5) is 61.7. The molecule has 4 unspecified atom stereocenters. The molecular formula is C25H40N6O7. The highest BCUT2D eigenvalue weighted by molar-refractivity contribution is 5.94. The fraction of sp³-hybridized carbons (Fsp3) is 0.560. The summed E-state index contributed by atoms with van der Waals surface area (Å²) < 4.78 is 0. The van der Waals surface area contributed by atoms with Crippen molar-refractivity contribution in [3.8, 4) is 5.75 Å². The predicted octanol–water partition coefficient (Wildman–Crippen LogP) is -1.15. The molecule has 212 valence electrons. The van der Waals surface area contributed by atoms with Gasteiger partial charge in [-0.1, -0.05) is 26.0 Å². The molecule has 13 nitrogen and oxygen atoms in total. The van der Waals surface area contributed by atoms with Crippen molar-refractivity contribution >= 4 is 29.6 Å². The van der Waals surface area contributed by atoms with E-state index in [0.717, 1.165) is 0 Å². The number of primary amides is 1. The molecule has 0 fully saturated rings. The first-order valence-electron chi connectivity index (χ1n) is 12.5. The Morgan fingerprint density at radius 3 is 2.00 bits per heavy atom. The summed E-state index contributed by atoms with van der Waals surface area (Å²) in [5, 5.41) is 26.4. The van der Waals surface area contributed by atoms with Gasteiger partial charge in [0.2, 0.25) is 23.6 Å². The first-order valence-corrected chi connectivity index (χ1v) is 12.5. The van der Waals surface area contributed by atoms with Crippen LogP contribution in [0.3, 0.4) is 0 Å². The van der Waals surface area contributed by atoms with E-state index in [4.69, 9.17) is 17.2 Å². The number of nitrogens with two attached hydrogens (primary N) is 3. The van der Waals surface area contributed by atoms with Gasteiger partial charge in [0.1, 0.15) is 23.9 Å². The molecule has 11 N–H and O–H groups in total. The van der Waals surface area contributed by atoms with E-state index in [9.17, 15) is 34.2 Å². The molecule has 4 amide bonds. The van der Waals surface area contributed by atoms with Gasteiger partial charge in [-0.05, 0) is 62.3 Å². The number of nitrogens with one attached hydrogen (secondary N) is 3. The van der Waals surface area contributed by atoms with Crippen LogP contribution in [-0.4, -0.2) is 70.5 Å². The summed E-state index contributed by atoms with van der Waals surface area (Å²) in [6.45, 7) is 3.72. The zero-order valence-corrected chi connectivity index (χ0v) is 21.8. The van der Waals surface area contributed by atoms with Crippen LogP contribution < -0.4 is 33.2 Å². The molecule has 38 heavy (non-hydrogen) atoms. The number of carboxylic acid groups (broad SMARTS) is 1. The van der Waals surface area contributed by atoms with E-state index in [-0.39, 0.29) is 31.4 Å². The van der Waals surface area contributed by atoms with Crippen LogP contribution in [-0.2, 0) is 30.4 Å². The Bertz CT molecular complexity index is 954. The maximum Gasteiger partial charge on any atom is 0.326 e. The molecule has 1 rings (SSSR count). The van der Waals surface area contributed by atoms with E-state index >= 15 is 0 Å². The smallest absolute Gasteiger partial charge is 0.326 e. The van der Waals surface area contributed by atoms with Gasteiger partial charge >= 0.3 is 5.97 Å². The number of carbonyl (C=O) groups excluding carboxylic acids is 4. The number of phenols is 1. The summed E-state index contributed by atoms with van der Waals surface area (Å²) in [7, 11) is 0. The lowest BCUT2D eigenvalue weighted by atomic mass is 10.0. The van der Waals surface area contributed by atoms with Gasteiger partial charge in [0, 0.05) is 6.42 Å². The normalized spacial score (nSPS) is 14.1. The molecule has 13 heteroatoms. The fourth-order valence-corrected chi connectivity index (χ4v) is 3.61. The van der Waals surface area contributed by atoms with Crippen LogP contribution in [0, 0.1) is 5.92 Å². The van der Waals surface area contributed by atoms with Gasteiger partial charge in [-0.2, -0.15) is 0 Å². The summed E-state index contributed by atoms with van der Waals surface area (Å²) in [5.74, 6) is -4.38. The Kier molecular flexibility index (Phi) is 13.8. The standard InChI is InChI=1S/C25H40N6O7/c1-14(2)21(24(36)30-19(25(37)38)5-3-4-12-26)31-23(35)18(10-11-20(28)33)29-22(34)17(27)13-15-6-8-16(32)9-7-15/h6-9,14,17-19,21,32H,3-5,10-13,26-27H2,1-2H3,(H2,28,33)(H,29,34)(H,30,36)(H,31,35)(H,37,38). The molecule has 0 heterocycles. The first-order chi connectivity index (χ1) is 17.8. The summed E-state index contributed by atoms with van der Waals surface area (Å²) >= 11 is 0. The van der Waals surface area contributed by atoms with E-state index in [2.05, 4.69) is 16.0 Å². The topological polar surface area (TPSA) is 240 Å². The third-order valence-electron chi connectivity index (χ3n) is 5.85. The minimum atomic E-state index is -1.23. The summed E-state index contributed by atoms with van der Waals surface area (Å²) in [6.07, 6.45) is 1.04. The van der Waals surface area contributed by atoms with Crippen LogP contribution in [0.1, 0.15) is 51.5 Å². The minimum Gasteiger partial charge on any atom is -0.508 e. The fourth-order valence-electron chi connectivity index (χ4n) is 3.61. The number of benzene rings is 1. The Hall–Kier alpha value is -3.71. The molecule has 0 spiro atoms. The van der Waals surface area contributed by atoms with Gasteiger partial charge in [-0.3, -0.25) is 19.2 Å². The SMILES string of the molecule is CC(C)C(NC(=O)C(CCC(N)=O)NC(=O)C(N)Cc1ccc(O)cc1)C(=O)NC(CCCCN)C(=O)O. The molecule has 0 aliphatic carbocycles. The number of hydrogen-bond acceptors (Lipinski definition) is 8. The highest BCUT2D eigenvalue weighted by atomic mass is 16.4. The molecule has 1 aromatic rings. The third-order valence-corrected chi connectivity index (χ3v) is 5.85. The number of aromatic hydroxyl groups is 1. The second-order valence-corrected chi connectivity index (χ2v) is 9.46. The number of aliphatic carboxylic acids is 1. The molecule has 0 radical (unpaired) electrons. The first kappa shape index (κ1) is 32.3. The van der Waals surface area contributed by atoms with E-state index in [0.29, 0.717) is 24.9 Å². The highest BCUT2D eigenvalue weighted by Gasteiger charge is 2.32. The van der Waals surface area contributed by atoms with Crippen molar-refractivity contribution in [2.45, 2.75) is 76.5 Å². The van der Waals surface area contributed by atoms with Gasteiger partial charge in [0.25, 0.3) is 0 Å². The van der Waals surface area contributed by atoms with Gasteiger partial charge in [-0.15, -0.1) is 0 Å². The molecule has 4 atom stereocenters. The van der Waals surface area contributed by atoms with Crippen molar-refractivity contribution in [1.82, 2.24) is 16.0 Å². The Labute approximate surface area is 221 Å². The van der Waals surface area contributed by atoms with E-state index in [1.54, 1.807) is 26.0 Å². The van der Waals surface area contributed by atoms with Crippen LogP contribution >= 0.6 is 0 Å². The van der Waals surface area contributed by atoms with E-state index in [1.165, 1.54) is 12.1 Å². The van der Waals surface area contributed by atoms with Crippen molar-refractivity contribution in [2.75, 3.05) is 6.54 Å². The zero-order valence-electron chi connectivity index (χ0n) is 21.8. The average molecular weight is 537 g/mol. The maximum atomic E-state index is 13.1. The predicted molar refractivity (Wildman–Crippen MR) is 139 cm³/mol. The third kappa shape index (κ3) is 11.6. The number of phenolic OH excluding ortho intramolecular Hbond substituents is 1. The summed E-state index contributed by atoms with van der Waals surface area (Å²) in [5.41, 5.74) is 17.3. The Balaban J connectivity index is 2.94. The molecule has 0 bridgehead atoms. The molecule has 0 aliphatic heterocycles. The largest absolute Gasteiger partial charge is 0.508 e. The zero-order chi connectivity index (χ0) is 28.8. The number of amides is 4. The molecular weight excluding hydrogens is 496 g/mol. The molecule has 0 saturated heterocycles. The van der Waals surface area contributed by atoms with Crippen LogP contribution in [0.2, 0.25) is 0 Å². The number of carboxylic acids is 1. The Morgan fingerprint density at radius 2 is 1.47 bits per heavy atom.